The van der Waals surface area contributed by atoms with Crippen molar-refractivity contribution >= 4 is 29.5 Å². The van der Waals surface area contributed by atoms with E-state index >= 15 is 0 Å². The first-order valence-corrected chi connectivity index (χ1v) is 11.7. The van der Waals surface area contributed by atoms with Gasteiger partial charge in [-0.3, -0.25) is 4.79 Å². The first-order chi connectivity index (χ1) is 19.1. The van der Waals surface area contributed by atoms with E-state index in [-0.39, 0.29) is 5.91 Å². The Kier molecular flexibility index (Phi) is 11.4. The number of aromatic nitrogens is 4. The monoisotopic (exact) mass is 597 g/mol. The first kappa shape index (κ1) is 32.8. The Morgan fingerprint density at radius 1 is 1.02 bits per heavy atom. The molecule has 226 valence electrons. The predicted molar refractivity (Wildman–Crippen MR) is 127 cm³/mol. The zero-order valence-corrected chi connectivity index (χ0v) is 21.1. The number of carboxylic acid groups (broad SMARTS) is 2. The lowest BCUT2D eigenvalue weighted by Gasteiger charge is -2.38. The van der Waals surface area contributed by atoms with E-state index in [1.807, 2.05) is 10.8 Å². The minimum atomic E-state index is -5.08. The Morgan fingerprint density at radius 2 is 1.63 bits per heavy atom. The second-order valence-electron chi connectivity index (χ2n) is 8.58. The third-order valence-electron chi connectivity index (χ3n) is 5.40. The van der Waals surface area contributed by atoms with Crippen LogP contribution in [0.5, 0.6) is 0 Å². The molecule has 2 aliphatic heterocycles. The number of aryl methyl sites for hydroxylation is 1. The summed E-state index contributed by atoms with van der Waals surface area (Å²) >= 11 is 0. The number of hydrogen-bond acceptors (Lipinski definition) is 9. The van der Waals surface area contributed by atoms with Crippen molar-refractivity contribution in [2.24, 2.45) is 5.16 Å². The lowest BCUT2D eigenvalue weighted by atomic mass is 9.88. The van der Waals surface area contributed by atoms with Gasteiger partial charge in [-0.2, -0.15) is 26.3 Å². The van der Waals surface area contributed by atoms with E-state index in [1.54, 1.807) is 31.0 Å². The number of amides is 1. The van der Waals surface area contributed by atoms with Gasteiger partial charge >= 0.3 is 24.3 Å². The molecule has 13 nitrogen and oxygen atoms in total. The number of piperidine rings is 1. The van der Waals surface area contributed by atoms with Gasteiger partial charge in [-0.1, -0.05) is 5.16 Å². The van der Waals surface area contributed by atoms with E-state index in [2.05, 4.69) is 30.3 Å². The Hall–Kier alpha value is -4.45. The molecule has 0 saturated carbocycles. The van der Waals surface area contributed by atoms with Crippen LogP contribution in [0.1, 0.15) is 25.7 Å². The number of carbonyl (C=O) groups is 3. The molecule has 0 aromatic carbocycles. The van der Waals surface area contributed by atoms with Gasteiger partial charge in [-0.15, -0.1) is 0 Å². The lowest BCUT2D eigenvalue weighted by molar-refractivity contribution is -0.193. The van der Waals surface area contributed by atoms with Gasteiger partial charge < -0.3 is 29.8 Å². The van der Waals surface area contributed by atoms with E-state index in [9.17, 15) is 31.1 Å². The minimum absolute atomic E-state index is 0.148. The smallest absolute Gasteiger partial charge is 0.475 e. The maximum absolute atomic E-state index is 12.4. The zero-order valence-electron chi connectivity index (χ0n) is 21.1. The van der Waals surface area contributed by atoms with Gasteiger partial charge in [-0.25, -0.2) is 24.5 Å². The molecule has 2 aromatic rings. The van der Waals surface area contributed by atoms with Crippen molar-refractivity contribution in [2.75, 3.05) is 24.5 Å². The zero-order chi connectivity index (χ0) is 30.7. The number of imidazole rings is 1. The number of anilines is 1. The average molecular weight is 597 g/mol. The maximum Gasteiger partial charge on any atom is 0.490 e. The van der Waals surface area contributed by atoms with Crippen molar-refractivity contribution in [1.82, 2.24) is 24.8 Å². The predicted octanol–water partition coefficient (Wildman–Crippen LogP) is 2.26. The minimum Gasteiger partial charge on any atom is -0.475 e. The van der Waals surface area contributed by atoms with Crippen molar-refractivity contribution in [3.8, 4) is 0 Å². The molecule has 2 aliphatic rings. The molecule has 0 radical (unpaired) electrons. The molecule has 0 aliphatic carbocycles. The summed E-state index contributed by atoms with van der Waals surface area (Å²) in [6.45, 7) is 2.93. The first-order valence-electron chi connectivity index (χ1n) is 11.7. The van der Waals surface area contributed by atoms with Gasteiger partial charge in [0, 0.05) is 50.8 Å². The molecule has 1 fully saturated rings. The summed E-state index contributed by atoms with van der Waals surface area (Å²) in [4.78, 5) is 50.7. The molecule has 19 heteroatoms. The average Bonchev–Trinajstić information content (AvgIpc) is 3.57. The molecule has 41 heavy (non-hydrogen) atoms. The Balaban J connectivity index is 0.000000349. The van der Waals surface area contributed by atoms with Crippen LogP contribution in [0, 0.1) is 0 Å². The number of halogens is 6. The second kappa shape index (κ2) is 14.3. The molecular formula is C22H25F6N7O6. The summed E-state index contributed by atoms with van der Waals surface area (Å²) in [5.41, 5.74) is 0.00876. The summed E-state index contributed by atoms with van der Waals surface area (Å²) < 4.78 is 65.5. The maximum atomic E-state index is 12.4. The summed E-state index contributed by atoms with van der Waals surface area (Å²) in [7, 11) is 0. The number of hydrogen-bond donors (Lipinski definition) is 3. The highest BCUT2D eigenvalue weighted by atomic mass is 19.4. The van der Waals surface area contributed by atoms with Crippen molar-refractivity contribution in [1.29, 1.82) is 0 Å². The van der Waals surface area contributed by atoms with Crippen molar-refractivity contribution in [3.63, 3.8) is 0 Å². The number of nitrogens with zero attached hydrogens (tertiary/aromatic N) is 6. The third kappa shape index (κ3) is 10.9. The summed E-state index contributed by atoms with van der Waals surface area (Å²) in [5, 5.41) is 21.3. The van der Waals surface area contributed by atoms with E-state index in [0.717, 1.165) is 32.4 Å². The molecule has 1 unspecified atom stereocenters. The van der Waals surface area contributed by atoms with E-state index in [0.29, 0.717) is 31.2 Å². The highest BCUT2D eigenvalue weighted by molar-refractivity contribution is 6.39. The van der Waals surface area contributed by atoms with E-state index in [1.165, 1.54) is 0 Å². The number of aliphatic carboxylic acids is 2. The molecule has 1 atom stereocenters. The Morgan fingerprint density at radius 3 is 2.17 bits per heavy atom. The number of carbonyl (C=O) groups excluding carboxylic acids is 1. The quantitative estimate of drug-likeness (QED) is 0.331. The topological polar surface area (TPSA) is 172 Å². The number of carboxylic acids is 2. The molecule has 2 aromatic heterocycles. The van der Waals surface area contributed by atoms with Crippen LogP contribution in [0.25, 0.3) is 0 Å². The molecule has 0 bridgehead atoms. The standard InChI is InChI=1S/C18H23N7O2.2C2HF3O2/c26-16(20-7-3-9-24-11-8-19-14-24)15-12-18(27-23-15)4-1-10-25(13-18)17-21-5-2-6-22-17;2*3-2(4,5)1(6)7/h2,5-6,8,11,14H,1,3-4,7,9-10,12-13H2,(H,20,26);2*(H,6,7). The molecular weight excluding hydrogens is 572 g/mol. The summed E-state index contributed by atoms with van der Waals surface area (Å²) in [5.74, 6) is -4.97. The number of nitrogens with one attached hydrogen (secondary N) is 1. The van der Waals surface area contributed by atoms with Gasteiger partial charge in [0.25, 0.3) is 5.91 Å². The third-order valence-corrected chi connectivity index (χ3v) is 5.40. The molecule has 4 heterocycles. The number of oxime groups is 1. The fourth-order valence-corrected chi connectivity index (χ4v) is 3.57. The number of rotatable bonds is 6. The summed E-state index contributed by atoms with van der Waals surface area (Å²) in [6.07, 6.45) is 1.90. The largest absolute Gasteiger partial charge is 0.490 e. The Bertz CT molecular complexity index is 1150. The SMILES string of the molecule is O=C(NCCCn1ccnc1)C1=NOC2(CCCN(c3ncccn3)C2)C1.O=C(O)C(F)(F)F.O=C(O)C(F)(F)F. The molecule has 1 amide bonds. The van der Waals surface area contributed by atoms with Crippen LogP contribution in [0.4, 0.5) is 32.3 Å². The molecule has 1 spiro atoms. The van der Waals surface area contributed by atoms with Crippen LogP contribution >= 0.6 is 0 Å². The van der Waals surface area contributed by atoms with Gasteiger partial charge in [0.15, 0.2) is 5.60 Å². The fraction of sp³-hybridized carbons (Fsp3) is 0.500. The van der Waals surface area contributed by atoms with Crippen molar-refractivity contribution in [2.45, 2.75) is 50.2 Å². The van der Waals surface area contributed by atoms with Crippen LogP contribution in [0.2, 0.25) is 0 Å². The molecule has 4 rings (SSSR count). The highest BCUT2D eigenvalue weighted by Crippen LogP contribution is 2.34. The van der Waals surface area contributed by atoms with Crippen LogP contribution in [-0.2, 0) is 25.8 Å². The van der Waals surface area contributed by atoms with Gasteiger partial charge in [-0.05, 0) is 25.3 Å². The van der Waals surface area contributed by atoms with Crippen LogP contribution in [-0.4, -0.2) is 90.9 Å². The molecule has 3 N–H and O–H groups in total. The Labute approximate surface area is 227 Å². The van der Waals surface area contributed by atoms with Gasteiger partial charge in [0.2, 0.25) is 5.95 Å². The van der Waals surface area contributed by atoms with Gasteiger partial charge in [0.1, 0.15) is 5.71 Å². The normalized spacial score (nSPS) is 18.2. The summed E-state index contributed by atoms with van der Waals surface area (Å²) in [6, 6.07) is 1.80. The van der Waals surface area contributed by atoms with Gasteiger partial charge in [0.05, 0.1) is 12.9 Å². The van der Waals surface area contributed by atoms with Crippen LogP contribution in [0.3, 0.4) is 0 Å². The van der Waals surface area contributed by atoms with Crippen molar-refractivity contribution in [3.05, 3.63) is 37.2 Å². The van der Waals surface area contributed by atoms with Crippen molar-refractivity contribution < 1.29 is 55.8 Å². The van der Waals surface area contributed by atoms with Crippen LogP contribution in [0.15, 0.2) is 42.3 Å². The highest BCUT2D eigenvalue weighted by Gasteiger charge is 2.45. The number of alkyl halides is 6. The second-order valence-corrected chi connectivity index (χ2v) is 8.58. The fourth-order valence-electron chi connectivity index (χ4n) is 3.57. The van der Waals surface area contributed by atoms with E-state index < -0.39 is 29.9 Å². The molecule has 1 saturated heterocycles. The lowest BCUT2D eigenvalue weighted by Crippen LogP contribution is -2.49. The van der Waals surface area contributed by atoms with Crippen LogP contribution < -0.4 is 10.2 Å². The van der Waals surface area contributed by atoms with E-state index in [4.69, 9.17) is 24.6 Å².